The van der Waals surface area contributed by atoms with Crippen LogP contribution in [0.15, 0.2) is 29.2 Å². The van der Waals surface area contributed by atoms with Gasteiger partial charge in [-0.25, -0.2) is 8.42 Å². The molecule has 0 aromatic heterocycles. The molecule has 1 aliphatic heterocycles. The van der Waals surface area contributed by atoms with Crippen molar-refractivity contribution in [3.8, 4) is 0 Å². The fraction of sp³-hybridized carbons (Fsp3) is 0.538. The summed E-state index contributed by atoms with van der Waals surface area (Å²) in [6.45, 7) is 5.16. The monoisotopic (exact) mass is 304 g/mol. The van der Waals surface area contributed by atoms with Crippen LogP contribution >= 0.6 is 12.4 Å². The van der Waals surface area contributed by atoms with Crippen LogP contribution in [0.2, 0.25) is 0 Å². The Balaban J connectivity index is 0.00000180. The van der Waals surface area contributed by atoms with Gasteiger partial charge in [-0.1, -0.05) is 12.1 Å². The van der Waals surface area contributed by atoms with Crippen molar-refractivity contribution < 1.29 is 8.42 Å². The molecule has 0 saturated carbocycles. The molecule has 1 fully saturated rings. The number of hydrogen-bond donors (Lipinski definition) is 1. The average Bonchev–Trinajstić information content (AvgIpc) is 2.57. The van der Waals surface area contributed by atoms with Crippen LogP contribution in [-0.4, -0.2) is 45.8 Å². The maximum atomic E-state index is 11.4. The number of benzene rings is 1. The molecule has 19 heavy (non-hydrogen) atoms. The van der Waals surface area contributed by atoms with E-state index in [-0.39, 0.29) is 12.4 Å². The van der Waals surface area contributed by atoms with E-state index in [1.54, 1.807) is 12.1 Å². The Morgan fingerprint density at radius 1 is 1.16 bits per heavy atom. The van der Waals surface area contributed by atoms with E-state index >= 15 is 0 Å². The zero-order chi connectivity index (χ0) is 13.0. The minimum atomic E-state index is -3.08. The van der Waals surface area contributed by atoms with E-state index in [1.807, 2.05) is 12.1 Å². The van der Waals surface area contributed by atoms with Gasteiger partial charge in [0.15, 0.2) is 9.84 Å². The first kappa shape index (κ1) is 16.4. The van der Waals surface area contributed by atoms with Crippen molar-refractivity contribution in [1.29, 1.82) is 0 Å². The van der Waals surface area contributed by atoms with Crippen molar-refractivity contribution in [1.82, 2.24) is 10.2 Å². The maximum absolute atomic E-state index is 11.4. The third kappa shape index (κ3) is 5.10. The molecule has 0 bridgehead atoms. The molecule has 1 N–H and O–H groups in total. The molecule has 1 aromatic rings. The van der Waals surface area contributed by atoms with Gasteiger partial charge in [0.05, 0.1) is 4.90 Å². The van der Waals surface area contributed by atoms with E-state index in [9.17, 15) is 8.42 Å². The highest BCUT2D eigenvalue weighted by atomic mass is 35.5. The van der Waals surface area contributed by atoms with Crippen LogP contribution in [0, 0.1) is 0 Å². The molecule has 2 rings (SSSR count). The van der Waals surface area contributed by atoms with Gasteiger partial charge in [0.25, 0.3) is 0 Å². The van der Waals surface area contributed by atoms with E-state index < -0.39 is 9.84 Å². The Hall–Kier alpha value is -0.620. The molecule has 1 saturated heterocycles. The molecule has 0 unspecified atom stereocenters. The Labute approximate surface area is 121 Å². The lowest BCUT2D eigenvalue weighted by Crippen LogP contribution is -2.27. The van der Waals surface area contributed by atoms with E-state index in [1.165, 1.54) is 18.2 Å². The fourth-order valence-corrected chi connectivity index (χ4v) is 2.79. The quantitative estimate of drug-likeness (QED) is 0.915. The molecular weight excluding hydrogens is 284 g/mol. The van der Waals surface area contributed by atoms with Gasteiger partial charge < -0.3 is 5.32 Å². The summed E-state index contributed by atoms with van der Waals surface area (Å²) in [6, 6.07) is 7.21. The summed E-state index contributed by atoms with van der Waals surface area (Å²) in [6.07, 6.45) is 2.41. The summed E-state index contributed by atoms with van der Waals surface area (Å²) in [7, 11) is -3.08. The van der Waals surface area contributed by atoms with Gasteiger partial charge in [-0.3, -0.25) is 4.90 Å². The zero-order valence-electron chi connectivity index (χ0n) is 11.1. The van der Waals surface area contributed by atoms with Gasteiger partial charge in [0, 0.05) is 25.9 Å². The second-order valence-electron chi connectivity index (χ2n) is 4.80. The molecule has 0 aliphatic carbocycles. The number of halogens is 1. The second-order valence-corrected chi connectivity index (χ2v) is 6.81. The van der Waals surface area contributed by atoms with Crippen LogP contribution < -0.4 is 5.32 Å². The lowest BCUT2D eigenvalue weighted by molar-refractivity contribution is 0.284. The average molecular weight is 305 g/mol. The van der Waals surface area contributed by atoms with E-state index in [0.29, 0.717) is 4.90 Å². The van der Waals surface area contributed by atoms with Crippen LogP contribution in [0.1, 0.15) is 12.0 Å². The van der Waals surface area contributed by atoms with Gasteiger partial charge in [0.1, 0.15) is 0 Å². The first-order chi connectivity index (χ1) is 8.55. The highest BCUT2D eigenvalue weighted by Crippen LogP contribution is 2.12. The van der Waals surface area contributed by atoms with Crippen LogP contribution in [-0.2, 0) is 16.4 Å². The van der Waals surface area contributed by atoms with Crippen LogP contribution in [0.5, 0.6) is 0 Å². The first-order valence-corrected chi connectivity index (χ1v) is 8.17. The van der Waals surface area contributed by atoms with Gasteiger partial charge in [-0.05, 0) is 37.2 Å². The summed E-state index contributed by atoms with van der Waals surface area (Å²) in [5, 5.41) is 3.37. The standard InChI is InChI=1S/C13H20N2O2S.ClH/c1-18(16,17)13-5-3-12(4-6-13)11-15-9-2-7-14-8-10-15;/h3-6,14H,2,7-11H2,1H3;1H. The minimum absolute atomic E-state index is 0. The van der Waals surface area contributed by atoms with Gasteiger partial charge in [-0.15, -0.1) is 12.4 Å². The predicted molar refractivity (Wildman–Crippen MR) is 79.6 cm³/mol. The van der Waals surface area contributed by atoms with Crippen LogP contribution in [0.4, 0.5) is 0 Å². The second kappa shape index (κ2) is 7.24. The summed E-state index contributed by atoms with van der Waals surface area (Å²) >= 11 is 0. The SMILES string of the molecule is CS(=O)(=O)c1ccc(CN2CCCNCC2)cc1.Cl. The maximum Gasteiger partial charge on any atom is 0.175 e. The molecule has 0 amide bonds. The summed E-state index contributed by atoms with van der Waals surface area (Å²) in [5.41, 5.74) is 1.17. The largest absolute Gasteiger partial charge is 0.315 e. The van der Waals surface area contributed by atoms with Crippen molar-refractivity contribution in [3.05, 3.63) is 29.8 Å². The molecule has 6 heteroatoms. The molecule has 108 valence electrons. The van der Waals surface area contributed by atoms with E-state index in [2.05, 4.69) is 10.2 Å². The fourth-order valence-electron chi connectivity index (χ4n) is 2.16. The third-order valence-corrected chi connectivity index (χ3v) is 4.32. The summed E-state index contributed by atoms with van der Waals surface area (Å²) in [4.78, 5) is 2.79. The number of nitrogens with one attached hydrogen (secondary N) is 1. The van der Waals surface area contributed by atoms with Crippen molar-refractivity contribution in [2.75, 3.05) is 32.4 Å². The van der Waals surface area contributed by atoms with Crippen molar-refractivity contribution >= 4 is 22.2 Å². The Morgan fingerprint density at radius 3 is 2.47 bits per heavy atom. The topological polar surface area (TPSA) is 49.4 Å². The number of hydrogen-bond acceptors (Lipinski definition) is 4. The van der Waals surface area contributed by atoms with Crippen LogP contribution in [0.25, 0.3) is 0 Å². The van der Waals surface area contributed by atoms with Crippen molar-refractivity contribution in [2.24, 2.45) is 0 Å². The summed E-state index contributed by atoms with van der Waals surface area (Å²) < 4.78 is 22.7. The predicted octanol–water partition coefficient (Wildman–Crippen LogP) is 1.31. The number of nitrogens with zero attached hydrogens (tertiary/aromatic N) is 1. The smallest absolute Gasteiger partial charge is 0.175 e. The van der Waals surface area contributed by atoms with Crippen molar-refractivity contribution in [2.45, 2.75) is 17.9 Å². The highest BCUT2D eigenvalue weighted by Gasteiger charge is 2.10. The normalized spacial score (nSPS) is 17.5. The van der Waals surface area contributed by atoms with E-state index in [4.69, 9.17) is 0 Å². The van der Waals surface area contributed by atoms with Gasteiger partial charge in [-0.2, -0.15) is 0 Å². The molecule has 0 atom stereocenters. The van der Waals surface area contributed by atoms with Crippen LogP contribution in [0.3, 0.4) is 0 Å². The molecule has 1 aromatic carbocycles. The lowest BCUT2D eigenvalue weighted by atomic mass is 10.2. The molecule has 1 aliphatic rings. The Morgan fingerprint density at radius 2 is 1.84 bits per heavy atom. The lowest BCUT2D eigenvalue weighted by Gasteiger charge is -2.19. The number of sulfone groups is 1. The van der Waals surface area contributed by atoms with Gasteiger partial charge >= 0.3 is 0 Å². The zero-order valence-corrected chi connectivity index (χ0v) is 12.8. The molecule has 4 nitrogen and oxygen atoms in total. The summed E-state index contributed by atoms with van der Waals surface area (Å²) in [5.74, 6) is 0. The Kier molecular flexibility index (Phi) is 6.26. The molecule has 1 heterocycles. The molecule has 0 spiro atoms. The Bertz CT molecular complexity index is 480. The highest BCUT2D eigenvalue weighted by molar-refractivity contribution is 7.90. The molecular formula is C13H21ClN2O2S. The van der Waals surface area contributed by atoms with Gasteiger partial charge in [0.2, 0.25) is 0 Å². The third-order valence-electron chi connectivity index (χ3n) is 3.19. The molecule has 0 radical (unpaired) electrons. The first-order valence-electron chi connectivity index (χ1n) is 6.28. The number of rotatable bonds is 3. The van der Waals surface area contributed by atoms with E-state index in [0.717, 1.165) is 32.7 Å². The minimum Gasteiger partial charge on any atom is -0.315 e. The van der Waals surface area contributed by atoms with Crippen molar-refractivity contribution in [3.63, 3.8) is 0 Å².